The highest BCUT2D eigenvalue weighted by Crippen LogP contribution is 2.19. The molecule has 0 radical (unpaired) electrons. The number of hydrogen-bond donors (Lipinski definition) is 1. The van der Waals surface area contributed by atoms with E-state index >= 15 is 0 Å². The second kappa shape index (κ2) is 7.24. The molecule has 0 saturated heterocycles. The zero-order valence-electron chi connectivity index (χ0n) is 12.0. The number of aromatic nitrogens is 2. The maximum Gasteiger partial charge on any atom is 0.123 e. The Hall–Kier alpha value is -2.11. The topological polar surface area (TPSA) is 37.8 Å². The molecule has 0 aliphatic carbocycles. The first-order valence-electron chi connectivity index (χ1n) is 7.12. The van der Waals surface area contributed by atoms with E-state index in [0.717, 1.165) is 41.5 Å². The van der Waals surface area contributed by atoms with Crippen molar-refractivity contribution >= 4 is 11.3 Å². The molecule has 3 nitrogen and oxygen atoms in total. The van der Waals surface area contributed by atoms with Gasteiger partial charge in [0.05, 0.1) is 16.4 Å². The minimum absolute atomic E-state index is 0.200. The standard InChI is InChI=1S/C17H16FN3S/c18-14-6-4-13(5-7-14)11-19-10-8-17-21-16(12-22-17)15-3-1-2-9-20-15/h1-7,9,12,19H,8,10-11H2. The number of nitrogens with one attached hydrogen (secondary N) is 1. The predicted octanol–water partition coefficient (Wildman–Crippen LogP) is 3.68. The molecule has 3 aromatic rings. The van der Waals surface area contributed by atoms with Crippen molar-refractivity contribution in [2.24, 2.45) is 0 Å². The van der Waals surface area contributed by atoms with Crippen LogP contribution in [0.4, 0.5) is 4.39 Å². The van der Waals surface area contributed by atoms with E-state index in [1.165, 1.54) is 12.1 Å². The fraction of sp³-hybridized carbons (Fsp3) is 0.176. The Morgan fingerprint density at radius 2 is 1.91 bits per heavy atom. The van der Waals surface area contributed by atoms with Gasteiger partial charge in [0.25, 0.3) is 0 Å². The van der Waals surface area contributed by atoms with Crippen LogP contribution in [0.25, 0.3) is 11.4 Å². The lowest BCUT2D eigenvalue weighted by Gasteiger charge is -2.03. The van der Waals surface area contributed by atoms with Gasteiger partial charge in [-0.2, -0.15) is 0 Å². The van der Waals surface area contributed by atoms with Crippen molar-refractivity contribution < 1.29 is 4.39 Å². The van der Waals surface area contributed by atoms with E-state index in [2.05, 4.69) is 15.3 Å². The van der Waals surface area contributed by atoms with Gasteiger partial charge in [0, 0.05) is 31.1 Å². The number of benzene rings is 1. The Balaban J connectivity index is 1.48. The molecule has 0 aliphatic rings. The zero-order valence-corrected chi connectivity index (χ0v) is 12.8. The van der Waals surface area contributed by atoms with Gasteiger partial charge in [0.15, 0.2) is 0 Å². The van der Waals surface area contributed by atoms with Crippen LogP contribution in [-0.4, -0.2) is 16.5 Å². The van der Waals surface area contributed by atoms with Gasteiger partial charge in [0.2, 0.25) is 0 Å². The fourth-order valence-electron chi connectivity index (χ4n) is 2.09. The minimum Gasteiger partial charge on any atom is -0.312 e. The third-order valence-corrected chi connectivity index (χ3v) is 4.15. The molecule has 0 spiro atoms. The molecule has 2 heterocycles. The summed E-state index contributed by atoms with van der Waals surface area (Å²) in [7, 11) is 0. The van der Waals surface area contributed by atoms with Crippen LogP contribution >= 0.6 is 11.3 Å². The summed E-state index contributed by atoms with van der Waals surface area (Å²) in [4.78, 5) is 8.91. The molecule has 0 aliphatic heterocycles. The molecule has 1 aromatic carbocycles. The van der Waals surface area contributed by atoms with Crippen LogP contribution in [0.15, 0.2) is 54.0 Å². The van der Waals surface area contributed by atoms with Crippen molar-refractivity contribution in [3.8, 4) is 11.4 Å². The van der Waals surface area contributed by atoms with E-state index in [1.807, 2.05) is 23.6 Å². The van der Waals surface area contributed by atoms with Crippen LogP contribution in [0.3, 0.4) is 0 Å². The van der Waals surface area contributed by atoms with Crippen LogP contribution in [0.5, 0.6) is 0 Å². The lowest BCUT2D eigenvalue weighted by atomic mass is 10.2. The quantitative estimate of drug-likeness (QED) is 0.706. The van der Waals surface area contributed by atoms with Gasteiger partial charge in [-0.25, -0.2) is 9.37 Å². The van der Waals surface area contributed by atoms with Gasteiger partial charge in [0.1, 0.15) is 5.82 Å². The molecule has 1 N–H and O–H groups in total. The molecule has 112 valence electrons. The first kappa shape index (κ1) is 14.8. The summed E-state index contributed by atoms with van der Waals surface area (Å²) in [5.41, 5.74) is 2.91. The molecule has 22 heavy (non-hydrogen) atoms. The molecule has 0 bridgehead atoms. The Morgan fingerprint density at radius 3 is 2.68 bits per heavy atom. The van der Waals surface area contributed by atoms with Crippen molar-refractivity contribution in [3.63, 3.8) is 0 Å². The van der Waals surface area contributed by atoms with Crippen molar-refractivity contribution in [1.82, 2.24) is 15.3 Å². The zero-order chi connectivity index (χ0) is 15.2. The smallest absolute Gasteiger partial charge is 0.123 e. The second-order valence-electron chi connectivity index (χ2n) is 4.89. The predicted molar refractivity (Wildman–Crippen MR) is 87.2 cm³/mol. The van der Waals surface area contributed by atoms with Crippen molar-refractivity contribution in [1.29, 1.82) is 0 Å². The van der Waals surface area contributed by atoms with Crippen LogP contribution in [-0.2, 0) is 13.0 Å². The first-order valence-corrected chi connectivity index (χ1v) is 8.00. The Morgan fingerprint density at radius 1 is 1.05 bits per heavy atom. The lowest BCUT2D eigenvalue weighted by Crippen LogP contribution is -2.16. The van der Waals surface area contributed by atoms with E-state index in [1.54, 1.807) is 29.7 Å². The number of nitrogens with zero attached hydrogens (tertiary/aromatic N) is 2. The average Bonchev–Trinajstić information content (AvgIpc) is 3.03. The number of thiazole rings is 1. The van der Waals surface area contributed by atoms with Crippen molar-refractivity contribution in [2.75, 3.05) is 6.54 Å². The van der Waals surface area contributed by atoms with Crippen LogP contribution in [0.1, 0.15) is 10.6 Å². The number of rotatable bonds is 6. The maximum atomic E-state index is 12.8. The first-order chi connectivity index (χ1) is 10.8. The molecule has 0 unspecified atom stereocenters. The summed E-state index contributed by atoms with van der Waals surface area (Å²) in [6, 6.07) is 12.4. The van der Waals surface area contributed by atoms with Crippen LogP contribution in [0.2, 0.25) is 0 Å². The second-order valence-corrected chi connectivity index (χ2v) is 5.84. The fourth-order valence-corrected chi connectivity index (χ4v) is 2.88. The van der Waals surface area contributed by atoms with Gasteiger partial charge in [-0.1, -0.05) is 18.2 Å². The number of pyridine rings is 1. The Kier molecular flexibility index (Phi) is 4.88. The highest BCUT2D eigenvalue weighted by molar-refractivity contribution is 7.09. The lowest BCUT2D eigenvalue weighted by molar-refractivity contribution is 0.625. The summed E-state index contributed by atoms with van der Waals surface area (Å²) in [6.07, 6.45) is 2.65. The largest absolute Gasteiger partial charge is 0.312 e. The molecule has 2 aromatic heterocycles. The van der Waals surface area contributed by atoms with Gasteiger partial charge >= 0.3 is 0 Å². The highest BCUT2D eigenvalue weighted by Gasteiger charge is 2.05. The van der Waals surface area contributed by atoms with E-state index in [0.29, 0.717) is 0 Å². The van der Waals surface area contributed by atoms with E-state index < -0.39 is 0 Å². The van der Waals surface area contributed by atoms with E-state index in [-0.39, 0.29) is 5.82 Å². The van der Waals surface area contributed by atoms with E-state index in [4.69, 9.17) is 0 Å². The maximum absolute atomic E-state index is 12.8. The molecule has 0 fully saturated rings. The third-order valence-electron chi connectivity index (χ3n) is 3.24. The average molecular weight is 313 g/mol. The van der Waals surface area contributed by atoms with Crippen molar-refractivity contribution in [2.45, 2.75) is 13.0 Å². The summed E-state index contributed by atoms with van der Waals surface area (Å²) in [6.45, 7) is 1.57. The third kappa shape index (κ3) is 3.96. The van der Waals surface area contributed by atoms with Gasteiger partial charge in [-0.05, 0) is 29.8 Å². The molecular formula is C17H16FN3S. The highest BCUT2D eigenvalue weighted by atomic mass is 32.1. The number of halogens is 1. The van der Waals surface area contributed by atoms with E-state index in [9.17, 15) is 4.39 Å². The normalized spacial score (nSPS) is 10.8. The molecule has 5 heteroatoms. The Bertz CT molecular complexity index is 710. The molecule has 3 rings (SSSR count). The Labute approximate surface area is 132 Å². The molecule has 0 saturated carbocycles. The van der Waals surface area contributed by atoms with Gasteiger partial charge in [-0.15, -0.1) is 11.3 Å². The summed E-state index contributed by atoms with van der Waals surface area (Å²) in [5, 5.41) is 6.48. The molecule has 0 amide bonds. The van der Waals surface area contributed by atoms with Gasteiger partial charge < -0.3 is 5.32 Å². The van der Waals surface area contributed by atoms with Crippen molar-refractivity contribution in [3.05, 3.63) is 70.4 Å². The monoisotopic (exact) mass is 313 g/mol. The summed E-state index contributed by atoms with van der Waals surface area (Å²) < 4.78 is 12.8. The summed E-state index contributed by atoms with van der Waals surface area (Å²) >= 11 is 1.65. The van der Waals surface area contributed by atoms with Crippen LogP contribution < -0.4 is 5.32 Å². The van der Waals surface area contributed by atoms with Gasteiger partial charge in [-0.3, -0.25) is 4.98 Å². The number of hydrogen-bond acceptors (Lipinski definition) is 4. The minimum atomic E-state index is -0.200. The SMILES string of the molecule is Fc1ccc(CNCCc2nc(-c3ccccn3)cs2)cc1. The van der Waals surface area contributed by atoms with Crippen LogP contribution in [0, 0.1) is 5.82 Å². The molecular weight excluding hydrogens is 297 g/mol. The molecule has 0 atom stereocenters. The summed E-state index contributed by atoms with van der Waals surface area (Å²) in [5.74, 6) is -0.200.